The Balaban J connectivity index is 1.68. The Bertz CT molecular complexity index is 517. The number of ether oxygens (including phenoxy) is 2. The highest BCUT2D eigenvalue weighted by Crippen LogP contribution is 2.49. The van der Waals surface area contributed by atoms with Crippen molar-refractivity contribution in [3.63, 3.8) is 0 Å². The maximum Gasteiger partial charge on any atom is 0.142 e. The van der Waals surface area contributed by atoms with Crippen LogP contribution in [0.2, 0.25) is 10.0 Å². The fraction of sp³-hybridized carbons (Fsp3) is 0.625. The molecule has 0 bridgehead atoms. The molecule has 5 heteroatoms. The molecule has 1 aliphatic heterocycles. The monoisotopic (exact) mass is 329 g/mol. The first-order chi connectivity index (χ1) is 10.1. The molecule has 1 heterocycles. The van der Waals surface area contributed by atoms with Crippen LogP contribution in [0.3, 0.4) is 0 Å². The van der Waals surface area contributed by atoms with Gasteiger partial charge in [0, 0.05) is 43.3 Å². The lowest BCUT2D eigenvalue weighted by molar-refractivity contribution is 0.168. The molecule has 1 atom stereocenters. The molecule has 116 valence electrons. The fourth-order valence-corrected chi connectivity index (χ4v) is 3.55. The van der Waals surface area contributed by atoms with Gasteiger partial charge in [-0.1, -0.05) is 23.2 Å². The summed E-state index contributed by atoms with van der Waals surface area (Å²) in [5, 5.41) is 4.96. The molecule has 1 aliphatic carbocycles. The summed E-state index contributed by atoms with van der Waals surface area (Å²) >= 11 is 12.4. The van der Waals surface area contributed by atoms with Gasteiger partial charge in [0.1, 0.15) is 5.75 Å². The molecular formula is C16H21Cl2NO2. The molecule has 1 fully saturated rings. The van der Waals surface area contributed by atoms with Gasteiger partial charge in [0.05, 0.1) is 11.6 Å². The van der Waals surface area contributed by atoms with Crippen molar-refractivity contribution in [2.24, 2.45) is 5.41 Å². The van der Waals surface area contributed by atoms with Crippen LogP contribution < -0.4 is 10.1 Å². The van der Waals surface area contributed by atoms with Crippen molar-refractivity contribution in [3.05, 3.63) is 27.7 Å². The summed E-state index contributed by atoms with van der Waals surface area (Å²) in [5.41, 5.74) is 1.51. The summed E-state index contributed by atoms with van der Waals surface area (Å²) < 4.78 is 10.9. The van der Waals surface area contributed by atoms with E-state index in [4.69, 9.17) is 32.7 Å². The lowest BCUT2D eigenvalue weighted by Crippen LogP contribution is -2.32. The molecule has 0 radical (unpaired) electrons. The van der Waals surface area contributed by atoms with Crippen molar-refractivity contribution in [2.75, 3.05) is 26.9 Å². The maximum atomic E-state index is 6.23. The van der Waals surface area contributed by atoms with Crippen molar-refractivity contribution in [1.82, 2.24) is 5.32 Å². The first kappa shape index (κ1) is 15.4. The normalized spacial score (nSPS) is 22.5. The highest BCUT2D eigenvalue weighted by molar-refractivity contribution is 6.35. The quantitative estimate of drug-likeness (QED) is 0.847. The van der Waals surface area contributed by atoms with Crippen molar-refractivity contribution in [3.8, 4) is 5.75 Å². The highest BCUT2D eigenvalue weighted by Gasteiger charge is 2.42. The predicted molar refractivity (Wildman–Crippen MR) is 85.5 cm³/mol. The van der Waals surface area contributed by atoms with E-state index in [0.717, 1.165) is 37.3 Å². The summed E-state index contributed by atoms with van der Waals surface area (Å²) in [4.78, 5) is 0. The van der Waals surface area contributed by atoms with Crippen LogP contribution in [0.5, 0.6) is 5.75 Å². The van der Waals surface area contributed by atoms with E-state index in [9.17, 15) is 0 Å². The number of benzene rings is 1. The fourth-order valence-electron chi connectivity index (χ4n) is 2.99. The molecule has 0 amide bonds. The second kappa shape index (κ2) is 6.33. The first-order valence-electron chi connectivity index (χ1n) is 7.48. The number of methoxy groups -OCH3 is 1. The molecule has 1 aromatic rings. The van der Waals surface area contributed by atoms with Gasteiger partial charge in [0.25, 0.3) is 0 Å². The number of halogens is 2. The predicted octanol–water partition coefficient (Wildman–Crippen LogP) is 4.22. The van der Waals surface area contributed by atoms with Gasteiger partial charge in [0.15, 0.2) is 0 Å². The van der Waals surface area contributed by atoms with Gasteiger partial charge in [-0.15, -0.1) is 0 Å². The van der Waals surface area contributed by atoms with Crippen LogP contribution in [-0.4, -0.2) is 26.9 Å². The van der Waals surface area contributed by atoms with Gasteiger partial charge in [-0.25, -0.2) is 0 Å². The average molecular weight is 330 g/mol. The van der Waals surface area contributed by atoms with Crippen LogP contribution in [0.25, 0.3) is 0 Å². The summed E-state index contributed by atoms with van der Waals surface area (Å²) in [7, 11) is 1.77. The summed E-state index contributed by atoms with van der Waals surface area (Å²) in [5.74, 6) is 0.784. The third-order valence-corrected chi connectivity index (χ3v) is 5.08. The number of hydrogen-bond donors (Lipinski definition) is 1. The van der Waals surface area contributed by atoms with Gasteiger partial charge in [0.2, 0.25) is 0 Å². The first-order valence-corrected chi connectivity index (χ1v) is 8.23. The molecule has 3 rings (SSSR count). The van der Waals surface area contributed by atoms with Gasteiger partial charge in [-0.3, -0.25) is 0 Å². The minimum atomic E-state index is 0.268. The zero-order valence-corrected chi connectivity index (χ0v) is 13.8. The van der Waals surface area contributed by atoms with E-state index in [2.05, 4.69) is 5.32 Å². The summed E-state index contributed by atoms with van der Waals surface area (Å²) in [6, 6.07) is 3.98. The Morgan fingerprint density at radius 1 is 1.38 bits per heavy atom. The zero-order chi connectivity index (χ0) is 14.9. The Labute approximate surface area is 135 Å². The Hall–Kier alpha value is -0.480. The van der Waals surface area contributed by atoms with E-state index in [-0.39, 0.29) is 6.04 Å². The summed E-state index contributed by atoms with van der Waals surface area (Å²) in [6.07, 6.45) is 4.65. The average Bonchev–Trinajstić information content (AvgIpc) is 3.23. The maximum absolute atomic E-state index is 6.23. The SMILES string of the molecule is COCCC1(CNC2CCOc3c(Cl)cc(Cl)cc32)CC1. The lowest BCUT2D eigenvalue weighted by atomic mass is 9.97. The molecule has 2 aliphatic rings. The second-order valence-corrected chi connectivity index (χ2v) is 6.96. The van der Waals surface area contributed by atoms with Crippen molar-refractivity contribution < 1.29 is 9.47 Å². The van der Waals surface area contributed by atoms with Crippen LogP contribution >= 0.6 is 23.2 Å². The van der Waals surface area contributed by atoms with Crippen LogP contribution in [0.15, 0.2) is 12.1 Å². The molecular weight excluding hydrogens is 309 g/mol. The van der Waals surface area contributed by atoms with E-state index in [1.165, 1.54) is 12.8 Å². The van der Waals surface area contributed by atoms with Gasteiger partial charge < -0.3 is 14.8 Å². The van der Waals surface area contributed by atoms with Crippen LogP contribution in [-0.2, 0) is 4.74 Å². The molecule has 0 saturated heterocycles. The van der Waals surface area contributed by atoms with Gasteiger partial charge in [-0.05, 0) is 36.8 Å². The molecule has 0 aromatic heterocycles. The number of hydrogen-bond acceptors (Lipinski definition) is 3. The van der Waals surface area contributed by atoms with Crippen LogP contribution in [0.1, 0.15) is 37.3 Å². The largest absolute Gasteiger partial charge is 0.492 e. The number of nitrogens with one attached hydrogen (secondary N) is 1. The van der Waals surface area contributed by atoms with Crippen molar-refractivity contribution in [1.29, 1.82) is 0 Å². The molecule has 1 aromatic carbocycles. The van der Waals surface area contributed by atoms with Crippen molar-refractivity contribution >= 4 is 23.2 Å². The van der Waals surface area contributed by atoms with Crippen LogP contribution in [0, 0.1) is 5.41 Å². The standard InChI is InChI=1S/C16H21Cl2NO2/c1-20-7-5-16(3-4-16)10-19-14-2-6-21-15-12(14)8-11(17)9-13(15)18/h8-9,14,19H,2-7,10H2,1H3. The van der Waals surface area contributed by atoms with Crippen molar-refractivity contribution in [2.45, 2.75) is 31.7 Å². The number of fused-ring (bicyclic) bond motifs is 1. The van der Waals surface area contributed by atoms with Gasteiger partial charge in [-0.2, -0.15) is 0 Å². The van der Waals surface area contributed by atoms with E-state index in [1.807, 2.05) is 6.07 Å². The minimum absolute atomic E-state index is 0.268. The van der Waals surface area contributed by atoms with E-state index in [1.54, 1.807) is 13.2 Å². The second-order valence-electron chi connectivity index (χ2n) is 6.12. The summed E-state index contributed by atoms with van der Waals surface area (Å²) in [6.45, 7) is 2.55. The van der Waals surface area contributed by atoms with E-state index >= 15 is 0 Å². The smallest absolute Gasteiger partial charge is 0.142 e. The third-order valence-electron chi connectivity index (χ3n) is 4.58. The van der Waals surface area contributed by atoms with E-state index < -0.39 is 0 Å². The Morgan fingerprint density at radius 3 is 2.90 bits per heavy atom. The van der Waals surface area contributed by atoms with E-state index in [0.29, 0.717) is 22.1 Å². The Morgan fingerprint density at radius 2 is 2.19 bits per heavy atom. The highest BCUT2D eigenvalue weighted by atomic mass is 35.5. The molecule has 1 N–H and O–H groups in total. The molecule has 1 unspecified atom stereocenters. The molecule has 3 nitrogen and oxygen atoms in total. The zero-order valence-electron chi connectivity index (χ0n) is 12.3. The lowest BCUT2D eigenvalue weighted by Gasteiger charge is -2.29. The molecule has 1 saturated carbocycles. The van der Waals surface area contributed by atoms with Crippen LogP contribution in [0.4, 0.5) is 0 Å². The molecule has 21 heavy (non-hydrogen) atoms. The molecule has 0 spiro atoms. The Kier molecular flexibility index (Phi) is 4.65. The third kappa shape index (κ3) is 3.48. The van der Waals surface area contributed by atoms with Gasteiger partial charge >= 0.3 is 0 Å². The number of rotatable bonds is 6. The minimum Gasteiger partial charge on any atom is -0.492 e. The topological polar surface area (TPSA) is 30.5 Å².